The summed E-state index contributed by atoms with van der Waals surface area (Å²) in [6.07, 6.45) is 0. The zero-order valence-corrected chi connectivity index (χ0v) is 12.0. The number of phenolic OH excluding ortho intramolecular Hbond substituents is 1. The van der Waals surface area contributed by atoms with Gasteiger partial charge in [-0.05, 0) is 35.9 Å². The van der Waals surface area contributed by atoms with E-state index < -0.39 is 5.82 Å². The van der Waals surface area contributed by atoms with E-state index >= 15 is 0 Å². The Hall–Kier alpha value is -2.27. The lowest BCUT2D eigenvalue weighted by Gasteiger charge is -2.10. The molecule has 0 aliphatic carbocycles. The average Bonchev–Trinajstić information content (AvgIpc) is 2.44. The van der Waals surface area contributed by atoms with Gasteiger partial charge >= 0.3 is 0 Å². The molecule has 110 valence electrons. The maximum absolute atomic E-state index is 13.2. The summed E-state index contributed by atoms with van der Waals surface area (Å²) in [5, 5.41) is 15.2. The first kappa shape index (κ1) is 15.1. The molecule has 0 atom stereocenters. The van der Waals surface area contributed by atoms with Gasteiger partial charge in [-0.3, -0.25) is 4.79 Å². The van der Waals surface area contributed by atoms with Crippen LogP contribution in [0.25, 0.3) is 0 Å². The molecule has 0 fully saturated rings. The Bertz CT molecular complexity index is 656. The van der Waals surface area contributed by atoms with E-state index in [1.807, 2.05) is 0 Å². The van der Waals surface area contributed by atoms with Gasteiger partial charge in [-0.1, -0.05) is 11.6 Å². The molecule has 0 unspecified atom stereocenters. The maximum Gasteiger partial charge on any atom is 0.252 e. The molecule has 2 aromatic carbocycles. The molecule has 4 nitrogen and oxygen atoms in total. The molecular weight excluding hydrogens is 295 g/mol. The molecular formula is C15H14ClFN2O2. The Morgan fingerprint density at radius 2 is 2.05 bits per heavy atom. The van der Waals surface area contributed by atoms with E-state index in [1.54, 1.807) is 18.2 Å². The second-order valence-electron chi connectivity index (χ2n) is 4.44. The number of amides is 1. The van der Waals surface area contributed by atoms with Gasteiger partial charge < -0.3 is 15.7 Å². The number of nitrogens with one attached hydrogen (secondary N) is 2. The number of hydrogen-bond donors (Lipinski definition) is 3. The normalized spacial score (nSPS) is 10.2. The molecule has 6 heteroatoms. The van der Waals surface area contributed by atoms with Crippen molar-refractivity contribution >= 4 is 23.2 Å². The van der Waals surface area contributed by atoms with Crippen molar-refractivity contribution in [1.82, 2.24) is 5.32 Å². The van der Waals surface area contributed by atoms with E-state index in [9.17, 15) is 14.3 Å². The fraction of sp³-hybridized carbons (Fsp3) is 0.133. The number of carbonyl (C=O) groups excluding carboxylic acids is 1. The molecule has 2 aromatic rings. The molecule has 1 amide bonds. The molecule has 21 heavy (non-hydrogen) atoms. The van der Waals surface area contributed by atoms with E-state index in [-0.39, 0.29) is 11.7 Å². The number of aromatic hydroxyl groups is 1. The van der Waals surface area contributed by atoms with Crippen LogP contribution in [0, 0.1) is 5.82 Å². The Morgan fingerprint density at radius 3 is 2.71 bits per heavy atom. The number of phenols is 1. The number of carbonyl (C=O) groups is 1. The van der Waals surface area contributed by atoms with Crippen molar-refractivity contribution in [2.24, 2.45) is 0 Å². The van der Waals surface area contributed by atoms with Crippen LogP contribution in [0.2, 0.25) is 5.02 Å². The Balaban J connectivity index is 2.15. The van der Waals surface area contributed by atoms with Gasteiger partial charge in [0.1, 0.15) is 11.6 Å². The largest absolute Gasteiger partial charge is 0.508 e. The number of halogens is 2. The first-order valence-electron chi connectivity index (χ1n) is 6.23. The quantitative estimate of drug-likeness (QED) is 0.813. The molecule has 0 spiro atoms. The van der Waals surface area contributed by atoms with Crippen LogP contribution in [0.1, 0.15) is 15.9 Å². The minimum absolute atomic E-state index is 0.131. The summed E-state index contributed by atoms with van der Waals surface area (Å²) in [7, 11) is 1.52. The first-order chi connectivity index (χ1) is 9.99. The minimum atomic E-state index is -0.506. The molecule has 0 saturated carbocycles. The summed E-state index contributed by atoms with van der Waals surface area (Å²) in [6, 6.07) is 8.76. The third-order valence-corrected chi connectivity index (χ3v) is 3.21. The first-order valence-corrected chi connectivity index (χ1v) is 6.61. The monoisotopic (exact) mass is 308 g/mol. The second-order valence-corrected chi connectivity index (χ2v) is 4.85. The van der Waals surface area contributed by atoms with E-state index in [0.717, 1.165) is 6.07 Å². The van der Waals surface area contributed by atoms with Crippen LogP contribution in [-0.2, 0) is 6.54 Å². The van der Waals surface area contributed by atoms with Gasteiger partial charge in [0, 0.05) is 25.3 Å². The van der Waals surface area contributed by atoms with Gasteiger partial charge in [-0.25, -0.2) is 4.39 Å². The van der Waals surface area contributed by atoms with Gasteiger partial charge in [-0.2, -0.15) is 0 Å². The van der Waals surface area contributed by atoms with Crippen LogP contribution in [0.4, 0.5) is 10.1 Å². The SMILES string of the molecule is CNC(=O)c1cc(NCc2cc(O)cc(F)c2)ccc1Cl. The lowest BCUT2D eigenvalue weighted by atomic mass is 10.1. The second kappa shape index (κ2) is 6.45. The predicted octanol–water partition coefficient (Wildman–Crippen LogP) is 3.16. The summed E-state index contributed by atoms with van der Waals surface area (Å²) in [6.45, 7) is 0.306. The minimum Gasteiger partial charge on any atom is -0.508 e. The van der Waals surface area contributed by atoms with Crippen LogP contribution in [0.15, 0.2) is 36.4 Å². The van der Waals surface area contributed by atoms with Crippen LogP contribution in [0.5, 0.6) is 5.75 Å². The van der Waals surface area contributed by atoms with Crippen molar-refractivity contribution in [3.63, 3.8) is 0 Å². The van der Waals surface area contributed by atoms with Crippen LogP contribution < -0.4 is 10.6 Å². The fourth-order valence-corrected chi connectivity index (χ4v) is 2.09. The van der Waals surface area contributed by atoms with Gasteiger partial charge in [0.25, 0.3) is 5.91 Å². The smallest absolute Gasteiger partial charge is 0.252 e. The third kappa shape index (κ3) is 3.86. The molecule has 0 radical (unpaired) electrons. The fourth-order valence-electron chi connectivity index (χ4n) is 1.88. The van der Waals surface area contributed by atoms with Crippen molar-refractivity contribution in [1.29, 1.82) is 0 Å². The Morgan fingerprint density at radius 1 is 1.29 bits per heavy atom. The highest BCUT2D eigenvalue weighted by atomic mass is 35.5. The van der Waals surface area contributed by atoms with Crippen molar-refractivity contribution in [2.45, 2.75) is 6.54 Å². The highest BCUT2D eigenvalue weighted by Crippen LogP contribution is 2.22. The predicted molar refractivity (Wildman–Crippen MR) is 80.2 cm³/mol. The van der Waals surface area contributed by atoms with E-state index in [4.69, 9.17) is 11.6 Å². The molecule has 0 aliphatic heterocycles. The molecule has 0 heterocycles. The summed E-state index contributed by atoms with van der Waals surface area (Å²) in [5.41, 5.74) is 1.61. The maximum atomic E-state index is 13.2. The highest BCUT2D eigenvalue weighted by Gasteiger charge is 2.09. The number of benzene rings is 2. The summed E-state index contributed by atoms with van der Waals surface area (Å²) in [5.74, 6) is -0.921. The third-order valence-electron chi connectivity index (χ3n) is 2.88. The van der Waals surface area contributed by atoms with Crippen LogP contribution in [-0.4, -0.2) is 18.1 Å². The van der Waals surface area contributed by atoms with Gasteiger partial charge in [0.2, 0.25) is 0 Å². The van der Waals surface area contributed by atoms with Gasteiger partial charge in [-0.15, -0.1) is 0 Å². The van der Waals surface area contributed by atoms with Crippen molar-refractivity contribution < 1.29 is 14.3 Å². The Labute approximate surface area is 126 Å². The van der Waals surface area contributed by atoms with E-state index in [0.29, 0.717) is 28.4 Å². The highest BCUT2D eigenvalue weighted by molar-refractivity contribution is 6.34. The lowest BCUT2D eigenvalue weighted by Crippen LogP contribution is -2.18. The van der Waals surface area contributed by atoms with Gasteiger partial charge in [0.15, 0.2) is 0 Å². The molecule has 0 bridgehead atoms. The van der Waals surface area contributed by atoms with Crippen molar-refractivity contribution in [3.05, 3.63) is 58.4 Å². The standard InChI is InChI=1S/C15H14ClFN2O2/c1-18-15(21)13-7-11(2-3-14(13)16)19-8-9-4-10(17)6-12(20)5-9/h2-7,19-20H,8H2,1H3,(H,18,21). The van der Waals surface area contributed by atoms with E-state index in [2.05, 4.69) is 10.6 Å². The summed E-state index contributed by atoms with van der Waals surface area (Å²) < 4.78 is 13.2. The molecule has 0 aromatic heterocycles. The summed E-state index contributed by atoms with van der Waals surface area (Å²) in [4.78, 5) is 11.6. The molecule has 3 N–H and O–H groups in total. The number of hydrogen-bond acceptors (Lipinski definition) is 3. The number of rotatable bonds is 4. The zero-order valence-electron chi connectivity index (χ0n) is 11.3. The lowest BCUT2D eigenvalue weighted by molar-refractivity contribution is 0.0963. The van der Waals surface area contributed by atoms with E-state index in [1.165, 1.54) is 19.2 Å². The molecule has 2 rings (SSSR count). The van der Waals surface area contributed by atoms with Crippen molar-refractivity contribution in [2.75, 3.05) is 12.4 Å². The van der Waals surface area contributed by atoms with Crippen molar-refractivity contribution in [3.8, 4) is 5.75 Å². The topological polar surface area (TPSA) is 61.4 Å². The number of anilines is 1. The van der Waals surface area contributed by atoms with Gasteiger partial charge in [0.05, 0.1) is 10.6 Å². The zero-order chi connectivity index (χ0) is 15.4. The summed E-state index contributed by atoms with van der Waals surface area (Å²) >= 11 is 5.96. The Kier molecular flexibility index (Phi) is 4.65. The molecule has 0 aliphatic rings. The average molecular weight is 309 g/mol. The van der Waals surface area contributed by atoms with Crippen LogP contribution in [0.3, 0.4) is 0 Å². The van der Waals surface area contributed by atoms with Crippen LogP contribution >= 0.6 is 11.6 Å². The molecule has 0 saturated heterocycles.